The summed E-state index contributed by atoms with van der Waals surface area (Å²) in [5.41, 5.74) is -0.732. The molecule has 0 spiro atoms. The molecule has 0 bridgehead atoms. The van der Waals surface area contributed by atoms with E-state index in [-0.39, 0.29) is 37.6 Å². The lowest BCUT2D eigenvalue weighted by molar-refractivity contribution is -0.140. The van der Waals surface area contributed by atoms with Crippen molar-refractivity contribution in [3.63, 3.8) is 0 Å². The number of Topliss-reactive ketones (excluding diaryl/α,β-unsaturated/α-hetero) is 1. The van der Waals surface area contributed by atoms with Gasteiger partial charge in [0.2, 0.25) is 5.91 Å². The fourth-order valence-electron chi connectivity index (χ4n) is 1.83. The molecule has 21 heavy (non-hydrogen) atoms. The number of alkyl carbamates (subject to hydrolysis) is 1. The van der Waals surface area contributed by atoms with Gasteiger partial charge in [-0.3, -0.25) is 9.59 Å². The minimum Gasteiger partial charge on any atom is -0.480 e. The molecule has 0 aromatic heterocycles. The van der Waals surface area contributed by atoms with E-state index in [9.17, 15) is 19.2 Å². The third-order valence-electron chi connectivity index (χ3n) is 2.75. The van der Waals surface area contributed by atoms with Gasteiger partial charge < -0.3 is 20.1 Å². The van der Waals surface area contributed by atoms with Gasteiger partial charge >= 0.3 is 12.1 Å². The van der Waals surface area contributed by atoms with Gasteiger partial charge in [-0.1, -0.05) is 0 Å². The van der Waals surface area contributed by atoms with Crippen LogP contribution in [0, 0.1) is 0 Å². The van der Waals surface area contributed by atoms with Crippen LogP contribution in [0.3, 0.4) is 0 Å². The number of aliphatic carboxylic acids is 1. The van der Waals surface area contributed by atoms with Crippen molar-refractivity contribution in [1.82, 2.24) is 10.2 Å². The summed E-state index contributed by atoms with van der Waals surface area (Å²) in [7, 11) is 0. The molecule has 0 aromatic rings. The van der Waals surface area contributed by atoms with E-state index >= 15 is 0 Å². The second-order valence-electron chi connectivity index (χ2n) is 5.86. The molecule has 2 amide bonds. The maximum Gasteiger partial charge on any atom is 0.408 e. The predicted octanol–water partition coefficient (Wildman–Crippen LogP) is 0.156. The van der Waals surface area contributed by atoms with Crippen LogP contribution in [-0.2, 0) is 19.1 Å². The lowest BCUT2D eigenvalue weighted by atomic mass is 10.2. The number of hydrogen-bond acceptors (Lipinski definition) is 5. The van der Waals surface area contributed by atoms with Crippen LogP contribution >= 0.6 is 0 Å². The van der Waals surface area contributed by atoms with E-state index in [1.165, 1.54) is 4.90 Å². The number of rotatable bonds is 5. The number of hydrogen-bond donors (Lipinski definition) is 2. The van der Waals surface area contributed by atoms with E-state index in [0.29, 0.717) is 0 Å². The summed E-state index contributed by atoms with van der Waals surface area (Å²) in [4.78, 5) is 46.5. The number of ether oxygens (including phenoxy) is 1. The van der Waals surface area contributed by atoms with Crippen LogP contribution in [-0.4, -0.2) is 58.5 Å². The predicted molar refractivity (Wildman–Crippen MR) is 71.6 cm³/mol. The molecule has 0 radical (unpaired) electrons. The number of nitrogens with zero attached hydrogens (tertiary/aromatic N) is 1. The average Bonchev–Trinajstić information content (AvgIpc) is 2.60. The molecule has 1 heterocycles. The van der Waals surface area contributed by atoms with Gasteiger partial charge in [0.1, 0.15) is 11.6 Å². The van der Waals surface area contributed by atoms with E-state index in [1.807, 2.05) is 0 Å². The highest BCUT2D eigenvalue weighted by molar-refractivity contribution is 6.05. The number of nitrogens with one attached hydrogen (secondary N) is 1. The quantitative estimate of drug-likeness (QED) is 0.699. The molecule has 0 saturated carbocycles. The van der Waals surface area contributed by atoms with E-state index in [2.05, 4.69) is 5.32 Å². The van der Waals surface area contributed by atoms with Crippen LogP contribution in [0.4, 0.5) is 4.79 Å². The summed E-state index contributed by atoms with van der Waals surface area (Å²) in [5.74, 6) is -1.73. The summed E-state index contributed by atoms with van der Waals surface area (Å²) in [6, 6.07) is -1.18. The summed E-state index contributed by atoms with van der Waals surface area (Å²) in [5, 5.41) is 11.3. The molecule has 8 heteroatoms. The van der Waals surface area contributed by atoms with E-state index < -0.39 is 23.7 Å². The van der Waals surface area contributed by atoms with Crippen molar-refractivity contribution in [3.8, 4) is 0 Å². The zero-order valence-corrected chi connectivity index (χ0v) is 12.3. The number of carboxylic acids is 1. The van der Waals surface area contributed by atoms with Crippen LogP contribution in [0.15, 0.2) is 0 Å². The van der Waals surface area contributed by atoms with E-state index in [1.54, 1.807) is 20.8 Å². The third-order valence-corrected chi connectivity index (χ3v) is 2.75. The maximum absolute atomic E-state index is 11.6. The molecule has 1 aliphatic rings. The number of carboxylic acid groups (broad SMARTS) is 1. The second-order valence-corrected chi connectivity index (χ2v) is 5.86. The third kappa shape index (κ3) is 5.80. The smallest absolute Gasteiger partial charge is 0.408 e. The average molecular weight is 300 g/mol. The molecule has 1 rings (SSSR count). The Morgan fingerprint density at radius 3 is 2.43 bits per heavy atom. The fraction of sp³-hybridized carbons (Fsp3) is 0.692. The minimum atomic E-state index is -1.22. The molecule has 8 nitrogen and oxygen atoms in total. The highest BCUT2D eigenvalue weighted by atomic mass is 16.6. The van der Waals surface area contributed by atoms with Crippen LogP contribution in [0.2, 0.25) is 0 Å². The van der Waals surface area contributed by atoms with Crippen molar-refractivity contribution in [2.24, 2.45) is 0 Å². The van der Waals surface area contributed by atoms with Gasteiger partial charge in [0.05, 0.1) is 13.0 Å². The highest BCUT2D eigenvalue weighted by Crippen LogP contribution is 2.10. The van der Waals surface area contributed by atoms with Crippen LogP contribution in [0.5, 0.6) is 0 Å². The molecule has 0 aromatic carbocycles. The minimum absolute atomic E-state index is 0.00237. The Morgan fingerprint density at radius 1 is 1.38 bits per heavy atom. The van der Waals surface area contributed by atoms with Gasteiger partial charge in [-0.15, -0.1) is 0 Å². The molecule has 1 aliphatic heterocycles. The number of carbonyl (C=O) groups is 4. The number of likely N-dealkylation sites (tertiary alicyclic amines) is 1. The van der Waals surface area contributed by atoms with E-state index in [0.717, 1.165) is 0 Å². The number of ketones is 1. The molecule has 2 N–H and O–H groups in total. The molecule has 1 fully saturated rings. The summed E-state index contributed by atoms with van der Waals surface area (Å²) in [6.45, 7) is 5.08. The fourth-order valence-corrected chi connectivity index (χ4v) is 1.83. The van der Waals surface area contributed by atoms with Crippen molar-refractivity contribution in [2.45, 2.75) is 45.3 Å². The summed E-state index contributed by atoms with van der Waals surface area (Å²) < 4.78 is 4.98. The SMILES string of the molecule is CC(C)(C)OC(=O)N[C@@H](CCN1CC(=O)CC1=O)C(=O)O. The second kappa shape index (κ2) is 6.55. The molecular weight excluding hydrogens is 280 g/mol. The Balaban J connectivity index is 2.51. The van der Waals surface area contributed by atoms with Crippen molar-refractivity contribution < 1.29 is 29.0 Å². The van der Waals surface area contributed by atoms with Crippen molar-refractivity contribution in [1.29, 1.82) is 0 Å². The van der Waals surface area contributed by atoms with Crippen molar-refractivity contribution in [3.05, 3.63) is 0 Å². The summed E-state index contributed by atoms with van der Waals surface area (Å²) >= 11 is 0. The first-order chi connectivity index (χ1) is 9.58. The first-order valence-electron chi connectivity index (χ1n) is 6.60. The van der Waals surface area contributed by atoms with Crippen molar-refractivity contribution >= 4 is 23.8 Å². The standard InChI is InChI=1S/C13H20N2O6/c1-13(2,3)21-12(20)14-9(11(18)19)4-5-15-7-8(16)6-10(15)17/h9H,4-7H2,1-3H3,(H,14,20)(H,18,19)/t9-/m0/s1. The number of carbonyl (C=O) groups excluding carboxylic acids is 3. The molecule has 118 valence electrons. The zero-order chi connectivity index (χ0) is 16.2. The normalized spacial score (nSPS) is 16.8. The van der Waals surface area contributed by atoms with Crippen LogP contribution in [0.1, 0.15) is 33.6 Å². The number of amides is 2. The Labute approximate surface area is 122 Å². The maximum atomic E-state index is 11.6. The van der Waals surface area contributed by atoms with Crippen LogP contribution < -0.4 is 5.32 Å². The first-order valence-corrected chi connectivity index (χ1v) is 6.60. The van der Waals surface area contributed by atoms with Crippen LogP contribution in [0.25, 0.3) is 0 Å². The Morgan fingerprint density at radius 2 is 2.00 bits per heavy atom. The molecule has 0 unspecified atom stereocenters. The Kier molecular flexibility index (Phi) is 5.28. The van der Waals surface area contributed by atoms with Gasteiger partial charge in [-0.2, -0.15) is 0 Å². The Bertz CT molecular complexity index is 454. The van der Waals surface area contributed by atoms with Gasteiger partial charge in [0.15, 0.2) is 5.78 Å². The molecule has 1 saturated heterocycles. The molecular formula is C13H20N2O6. The molecule has 1 atom stereocenters. The van der Waals surface area contributed by atoms with Gasteiger partial charge in [0.25, 0.3) is 0 Å². The first kappa shape index (κ1) is 16.9. The Hall–Kier alpha value is -2.12. The lowest BCUT2D eigenvalue weighted by Crippen LogP contribution is -2.45. The van der Waals surface area contributed by atoms with Crippen molar-refractivity contribution in [2.75, 3.05) is 13.1 Å². The van der Waals surface area contributed by atoms with E-state index in [4.69, 9.17) is 9.84 Å². The van der Waals surface area contributed by atoms with Gasteiger partial charge in [-0.25, -0.2) is 9.59 Å². The lowest BCUT2D eigenvalue weighted by Gasteiger charge is -2.23. The largest absolute Gasteiger partial charge is 0.480 e. The zero-order valence-electron chi connectivity index (χ0n) is 12.3. The molecule has 0 aliphatic carbocycles. The highest BCUT2D eigenvalue weighted by Gasteiger charge is 2.30. The van der Waals surface area contributed by atoms with Gasteiger partial charge in [-0.05, 0) is 27.2 Å². The topological polar surface area (TPSA) is 113 Å². The summed E-state index contributed by atoms with van der Waals surface area (Å²) in [6.07, 6.45) is -0.969. The van der Waals surface area contributed by atoms with Gasteiger partial charge in [0, 0.05) is 6.54 Å². The monoisotopic (exact) mass is 300 g/mol.